The maximum Gasteiger partial charge on any atom is 0.235 e. The van der Waals surface area contributed by atoms with Gasteiger partial charge >= 0.3 is 0 Å². The molecular weight excluding hydrogens is 321 g/mol. The Balaban J connectivity index is 2.87. The fourth-order valence-corrected chi connectivity index (χ4v) is 2.85. The van der Waals surface area contributed by atoms with Crippen molar-refractivity contribution in [3.05, 3.63) is 34.1 Å². The minimum Gasteiger partial charge on any atom is -0.396 e. The average molecular weight is 336 g/mol. The predicted molar refractivity (Wildman–Crippen MR) is 74.7 cm³/mol. The summed E-state index contributed by atoms with van der Waals surface area (Å²) < 4.78 is 14.4. The van der Waals surface area contributed by atoms with Gasteiger partial charge in [-0.05, 0) is 23.8 Å². The molecule has 0 spiro atoms. The second-order valence-corrected chi connectivity index (χ2v) is 6.12. The van der Waals surface area contributed by atoms with Crippen molar-refractivity contribution in [3.63, 3.8) is 0 Å². The van der Waals surface area contributed by atoms with Crippen molar-refractivity contribution in [2.24, 2.45) is 11.7 Å². The molecule has 1 rings (SSSR count). The predicted octanol–water partition coefficient (Wildman–Crippen LogP) is 2.48. The maximum absolute atomic E-state index is 13.8. The number of hydrogen-bond donors (Lipinski definition) is 2. The molecular formula is C12H15BrFNO2S. The highest BCUT2D eigenvalue weighted by molar-refractivity contribution is 9.10. The molecule has 2 atom stereocenters. The SMILES string of the molecule is C[C@H](CO)CS[C@@H](C(N)=O)c1ccc(Br)cc1F. The number of amides is 1. The molecule has 0 unspecified atom stereocenters. The highest BCUT2D eigenvalue weighted by atomic mass is 79.9. The van der Waals surface area contributed by atoms with Crippen molar-refractivity contribution in [2.75, 3.05) is 12.4 Å². The number of aliphatic hydroxyl groups is 1. The molecule has 0 aromatic heterocycles. The van der Waals surface area contributed by atoms with E-state index in [4.69, 9.17) is 10.8 Å². The monoisotopic (exact) mass is 335 g/mol. The molecule has 0 saturated carbocycles. The fraction of sp³-hybridized carbons (Fsp3) is 0.417. The number of primary amides is 1. The first kappa shape index (κ1) is 15.5. The van der Waals surface area contributed by atoms with E-state index < -0.39 is 17.0 Å². The van der Waals surface area contributed by atoms with Crippen molar-refractivity contribution < 1.29 is 14.3 Å². The van der Waals surface area contributed by atoms with Crippen LogP contribution in [-0.2, 0) is 4.79 Å². The molecule has 0 aliphatic heterocycles. The zero-order chi connectivity index (χ0) is 13.7. The van der Waals surface area contributed by atoms with Gasteiger partial charge in [-0.1, -0.05) is 28.9 Å². The lowest BCUT2D eigenvalue weighted by Crippen LogP contribution is -2.21. The third kappa shape index (κ3) is 4.26. The lowest BCUT2D eigenvalue weighted by atomic mass is 10.1. The summed E-state index contributed by atoms with van der Waals surface area (Å²) in [7, 11) is 0. The Kier molecular flexibility index (Phi) is 6.11. The van der Waals surface area contributed by atoms with Crippen LogP contribution in [0.25, 0.3) is 0 Å². The Bertz CT molecular complexity index is 431. The number of thioether (sulfide) groups is 1. The van der Waals surface area contributed by atoms with Gasteiger partial charge < -0.3 is 10.8 Å². The van der Waals surface area contributed by atoms with Crippen LogP contribution in [0.2, 0.25) is 0 Å². The molecule has 0 saturated heterocycles. The van der Waals surface area contributed by atoms with E-state index in [1.807, 2.05) is 6.92 Å². The topological polar surface area (TPSA) is 63.3 Å². The van der Waals surface area contributed by atoms with Crippen LogP contribution in [0.4, 0.5) is 4.39 Å². The summed E-state index contributed by atoms with van der Waals surface area (Å²) in [6.07, 6.45) is 0. The molecule has 0 bridgehead atoms. The van der Waals surface area contributed by atoms with Gasteiger partial charge in [-0.15, -0.1) is 11.8 Å². The van der Waals surface area contributed by atoms with Crippen molar-refractivity contribution in [1.29, 1.82) is 0 Å². The number of hydrogen-bond acceptors (Lipinski definition) is 3. The molecule has 1 aromatic rings. The minimum atomic E-state index is -0.730. The van der Waals surface area contributed by atoms with Crippen molar-refractivity contribution in [2.45, 2.75) is 12.2 Å². The largest absolute Gasteiger partial charge is 0.396 e. The summed E-state index contributed by atoms with van der Waals surface area (Å²) in [5, 5.41) is 8.21. The first-order valence-electron chi connectivity index (χ1n) is 5.42. The van der Waals surface area contributed by atoms with E-state index in [1.165, 1.54) is 17.8 Å². The van der Waals surface area contributed by atoms with E-state index >= 15 is 0 Å². The highest BCUT2D eigenvalue weighted by Crippen LogP contribution is 2.32. The Morgan fingerprint density at radius 1 is 1.61 bits per heavy atom. The third-order valence-corrected chi connectivity index (χ3v) is 4.44. The van der Waals surface area contributed by atoms with E-state index in [0.717, 1.165) is 0 Å². The van der Waals surface area contributed by atoms with Gasteiger partial charge in [0.2, 0.25) is 5.91 Å². The van der Waals surface area contributed by atoms with Crippen molar-refractivity contribution in [3.8, 4) is 0 Å². The molecule has 0 aliphatic carbocycles. The first-order chi connectivity index (χ1) is 8.45. The van der Waals surface area contributed by atoms with E-state index in [2.05, 4.69) is 15.9 Å². The Morgan fingerprint density at radius 2 is 2.28 bits per heavy atom. The molecule has 3 N–H and O–H groups in total. The second-order valence-electron chi connectivity index (χ2n) is 4.07. The summed E-state index contributed by atoms with van der Waals surface area (Å²) in [6, 6.07) is 4.52. The van der Waals surface area contributed by atoms with Crippen LogP contribution in [0.3, 0.4) is 0 Å². The van der Waals surface area contributed by atoms with Gasteiger partial charge in [-0.25, -0.2) is 4.39 Å². The first-order valence-corrected chi connectivity index (χ1v) is 7.26. The summed E-state index contributed by atoms with van der Waals surface area (Å²) in [5.41, 5.74) is 5.58. The lowest BCUT2D eigenvalue weighted by molar-refractivity contribution is -0.117. The fourth-order valence-electron chi connectivity index (χ4n) is 1.35. The standard InChI is InChI=1S/C12H15BrFNO2S/c1-7(5-16)6-18-11(12(15)17)9-3-2-8(13)4-10(9)14/h2-4,7,11,16H,5-6H2,1H3,(H2,15,17)/t7-,11-/m1/s1. The highest BCUT2D eigenvalue weighted by Gasteiger charge is 2.22. The number of carbonyl (C=O) groups is 1. The van der Waals surface area contributed by atoms with Crippen LogP contribution in [0.1, 0.15) is 17.7 Å². The molecule has 0 aliphatic rings. The van der Waals surface area contributed by atoms with Crippen LogP contribution < -0.4 is 5.73 Å². The van der Waals surface area contributed by atoms with Crippen molar-refractivity contribution >= 4 is 33.6 Å². The van der Waals surface area contributed by atoms with Crippen LogP contribution >= 0.6 is 27.7 Å². The molecule has 0 radical (unpaired) electrons. The zero-order valence-corrected chi connectivity index (χ0v) is 12.3. The summed E-state index contributed by atoms with van der Waals surface area (Å²) in [4.78, 5) is 11.4. The van der Waals surface area contributed by atoms with Gasteiger partial charge in [0.15, 0.2) is 0 Å². The van der Waals surface area contributed by atoms with Gasteiger partial charge in [0.1, 0.15) is 11.1 Å². The smallest absolute Gasteiger partial charge is 0.235 e. The number of benzene rings is 1. The third-order valence-electron chi connectivity index (χ3n) is 2.36. The number of carbonyl (C=O) groups excluding carboxylic acids is 1. The van der Waals surface area contributed by atoms with E-state index in [1.54, 1.807) is 12.1 Å². The molecule has 1 amide bonds. The maximum atomic E-state index is 13.8. The summed E-state index contributed by atoms with van der Waals surface area (Å²) in [5.74, 6) is -0.460. The molecule has 0 heterocycles. The van der Waals surface area contributed by atoms with Crippen LogP contribution in [-0.4, -0.2) is 23.4 Å². The molecule has 0 fully saturated rings. The number of halogens is 2. The second kappa shape index (κ2) is 7.11. The van der Waals surface area contributed by atoms with Gasteiger partial charge in [-0.2, -0.15) is 0 Å². The number of aliphatic hydroxyl groups excluding tert-OH is 1. The quantitative estimate of drug-likeness (QED) is 0.839. The van der Waals surface area contributed by atoms with Crippen LogP contribution in [0, 0.1) is 11.7 Å². The normalized spacial score (nSPS) is 14.2. The Morgan fingerprint density at radius 3 is 2.78 bits per heavy atom. The molecule has 6 heteroatoms. The molecule has 1 aromatic carbocycles. The van der Waals surface area contributed by atoms with E-state index in [0.29, 0.717) is 10.2 Å². The van der Waals surface area contributed by atoms with Gasteiger partial charge in [0.05, 0.1) is 0 Å². The van der Waals surface area contributed by atoms with Crippen LogP contribution in [0.15, 0.2) is 22.7 Å². The van der Waals surface area contributed by atoms with E-state index in [9.17, 15) is 9.18 Å². The summed E-state index contributed by atoms with van der Waals surface area (Å²) >= 11 is 4.41. The molecule has 18 heavy (non-hydrogen) atoms. The van der Waals surface area contributed by atoms with Crippen molar-refractivity contribution in [1.82, 2.24) is 0 Å². The number of nitrogens with two attached hydrogens (primary N) is 1. The lowest BCUT2D eigenvalue weighted by Gasteiger charge is -2.16. The van der Waals surface area contributed by atoms with E-state index in [-0.39, 0.29) is 18.1 Å². The van der Waals surface area contributed by atoms with Gasteiger partial charge in [0, 0.05) is 16.6 Å². The average Bonchev–Trinajstić information content (AvgIpc) is 2.31. The van der Waals surface area contributed by atoms with Gasteiger partial charge in [0.25, 0.3) is 0 Å². The minimum absolute atomic E-state index is 0.0291. The zero-order valence-electron chi connectivity index (χ0n) is 9.90. The molecule has 100 valence electrons. The Hall–Kier alpha value is -0.590. The van der Waals surface area contributed by atoms with Gasteiger partial charge in [-0.3, -0.25) is 4.79 Å². The summed E-state index contributed by atoms with van der Waals surface area (Å²) in [6.45, 7) is 1.88. The van der Waals surface area contributed by atoms with Crippen LogP contribution in [0.5, 0.6) is 0 Å². The Labute approximate surface area is 118 Å². The molecule has 3 nitrogen and oxygen atoms in total. The number of rotatable bonds is 6.